The van der Waals surface area contributed by atoms with Gasteiger partial charge in [0.2, 0.25) is 5.91 Å². The molecule has 0 saturated heterocycles. The summed E-state index contributed by atoms with van der Waals surface area (Å²) in [5, 5.41) is 3.95. The molecule has 1 saturated carbocycles. The van der Waals surface area contributed by atoms with E-state index in [1.54, 1.807) is 0 Å². The van der Waals surface area contributed by atoms with E-state index in [0.717, 1.165) is 30.1 Å². The van der Waals surface area contributed by atoms with E-state index < -0.39 is 0 Å². The van der Waals surface area contributed by atoms with Gasteiger partial charge in [0, 0.05) is 18.2 Å². The molecule has 1 aliphatic carbocycles. The lowest BCUT2D eigenvalue weighted by atomic mass is 9.96. The van der Waals surface area contributed by atoms with Crippen LogP contribution in [0.2, 0.25) is 0 Å². The molecule has 1 aliphatic rings. The number of nitrogens with one attached hydrogen (secondary N) is 1. The second-order valence-corrected chi connectivity index (χ2v) is 7.19. The summed E-state index contributed by atoms with van der Waals surface area (Å²) in [5.41, 5.74) is 2.53. The van der Waals surface area contributed by atoms with Gasteiger partial charge in [-0.05, 0) is 30.5 Å². The molecule has 2 heterocycles. The second-order valence-electron chi connectivity index (χ2n) is 6.25. The summed E-state index contributed by atoms with van der Waals surface area (Å²) in [6.45, 7) is 0.721. The van der Waals surface area contributed by atoms with Crippen molar-refractivity contribution in [2.24, 2.45) is 0 Å². The Morgan fingerprint density at radius 2 is 1.96 bits per heavy atom. The number of nitrogens with zero attached hydrogens (tertiary/aromatic N) is 2. The smallest absolute Gasteiger partial charge is 0.230 e. The maximum Gasteiger partial charge on any atom is 0.230 e. The molecule has 5 heteroatoms. The molecule has 3 aromatic rings. The molecule has 2 aromatic heterocycles. The van der Waals surface area contributed by atoms with Crippen LogP contribution in [0.25, 0.3) is 5.52 Å². The van der Waals surface area contributed by atoms with Crippen LogP contribution in [-0.2, 0) is 10.2 Å². The average Bonchev–Trinajstić information content (AvgIpc) is 3.32. The van der Waals surface area contributed by atoms with Crippen molar-refractivity contribution in [3.63, 3.8) is 0 Å². The predicted octanol–water partition coefficient (Wildman–Crippen LogP) is 3.27. The number of rotatable bonds is 6. The zero-order valence-corrected chi connectivity index (χ0v) is 14.1. The number of fused-ring (bicyclic) bond motifs is 1. The van der Waals surface area contributed by atoms with E-state index in [1.165, 1.54) is 17.3 Å². The van der Waals surface area contributed by atoms with E-state index in [-0.39, 0.29) is 11.3 Å². The standard InChI is InChI=1S/C19H19N3OS/c23-17(13-24-18-20-12-16-8-4-5-11-22(16)18)21-14-19(9-10-19)15-6-2-1-3-7-15/h1-8,11-12H,9-10,13-14H2,(H,21,23). The normalized spacial score (nSPS) is 15.3. The van der Waals surface area contributed by atoms with Crippen LogP contribution in [-0.4, -0.2) is 27.6 Å². The Bertz CT molecular complexity index is 855. The Hall–Kier alpha value is -2.27. The molecular weight excluding hydrogens is 318 g/mol. The van der Waals surface area contributed by atoms with Gasteiger partial charge in [-0.2, -0.15) is 0 Å². The lowest BCUT2D eigenvalue weighted by Crippen LogP contribution is -2.33. The van der Waals surface area contributed by atoms with Crippen LogP contribution in [0.5, 0.6) is 0 Å². The maximum atomic E-state index is 12.2. The van der Waals surface area contributed by atoms with E-state index in [1.807, 2.05) is 41.1 Å². The maximum absolute atomic E-state index is 12.2. The lowest BCUT2D eigenvalue weighted by Gasteiger charge is -2.16. The molecule has 0 atom stereocenters. The number of hydrogen-bond acceptors (Lipinski definition) is 3. The highest BCUT2D eigenvalue weighted by Gasteiger charge is 2.44. The first-order chi connectivity index (χ1) is 11.8. The van der Waals surface area contributed by atoms with Gasteiger partial charge in [-0.15, -0.1) is 0 Å². The van der Waals surface area contributed by atoms with Crippen LogP contribution in [0, 0.1) is 0 Å². The number of benzene rings is 1. The van der Waals surface area contributed by atoms with Crippen LogP contribution in [0.3, 0.4) is 0 Å². The topological polar surface area (TPSA) is 46.4 Å². The Morgan fingerprint density at radius 3 is 2.75 bits per heavy atom. The summed E-state index contributed by atoms with van der Waals surface area (Å²) in [6, 6.07) is 16.4. The number of thioether (sulfide) groups is 1. The Kier molecular flexibility index (Phi) is 4.02. The average molecular weight is 337 g/mol. The molecule has 1 N–H and O–H groups in total. The highest BCUT2D eigenvalue weighted by molar-refractivity contribution is 7.99. The van der Waals surface area contributed by atoms with Crippen molar-refractivity contribution in [1.82, 2.24) is 14.7 Å². The molecule has 1 amide bonds. The minimum absolute atomic E-state index is 0.0647. The number of aromatic nitrogens is 2. The molecule has 0 spiro atoms. The minimum Gasteiger partial charge on any atom is -0.354 e. The van der Waals surface area contributed by atoms with Gasteiger partial charge in [0.15, 0.2) is 5.16 Å². The fourth-order valence-corrected chi connectivity index (χ4v) is 3.78. The number of amides is 1. The van der Waals surface area contributed by atoms with Gasteiger partial charge in [0.1, 0.15) is 0 Å². The molecule has 0 bridgehead atoms. The van der Waals surface area contributed by atoms with Crippen molar-refractivity contribution < 1.29 is 4.79 Å². The lowest BCUT2D eigenvalue weighted by molar-refractivity contribution is -0.118. The highest BCUT2D eigenvalue weighted by atomic mass is 32.2. The van der Waals surface area contributed by atoms with Crippen molar-refractivity contribution in [3.8, 4) is 0 Å². The summed E-state index contributed by atoms with van der Waals surface area (Å²) in [4.78, 5) is 16.6. The molecule has 24 heavy (non-hydrogen) atoms. The minimum atomic E-state index is 0.0647. The fraction of sp³-hybridized carbons (Fsp3) is 0.263. The third-order valence-corrected chi connectivity index (χ3v) is 5.57. The van der Waals surface area contributed by atoms with E-state index in [4.69, 9.17) is 0 Å². The summed E-state index contributed by atoms with van der Waals surface area (Å²) in [6.07, 6.45) is 6.09. The summed E-state index contributed by atoms with van der Waals surface area (Å²) >= 11 is 1.47. The Morgan fingerprint density at radius 1 is 1.17 bits per heavy atom. The van der Waals surface area contributed by atoms with Gasteiger partial charge < -0.3 is 5.32 Å². The highest BCUT2D eigenvalue weighted by Crippen LogP contribution is 2.47. The van der Waals surface area contributed by atoms with E-state index >= 15 is 0 Å². The molecule has 4 rings (SSSR count). The van der Waals surface area contributed by atoms with Gasteiger partial charge in [-0.25, -0.2) is 4.98 Å². The van der Waals surface area contributed by atoms with Gasteiger partial charge in [0.05, 0.1) is 17.5 Å². The Balaban J connectivity index is 1.33. The quantitative estimate of drug-likeness (QED) is 0.702. The molecule has 0 aliphatic heterocycles. The third-order valence-electron chi connectivity index (χ3n) is 4.60. The summed E-state index contributed by atoms with van der Waals surface area (Å²) < 4.78 is 2.00. The largest absolute Gasteiger partial charge is 0.354 e. The van der Waals surface area contributed by atoms with Crippen molar-refractivity contribution >= 4 is 23.2 Å². The summed E-state index contributed by atoms with van der Waals surface area (Å²) in [7, 11) is 0. The van der Waals surface area contributed by atoms with Crippen LogP contribution in [0.4, 0.5) is 0 Å². The van der Waals surface area contributed by atoms with Gasteiger partial charge in [-0.3, -0.25) is 9.20 Å². The molecular formula is C19H19N3OS. The molecule has 122 valence electrons. The van der Waals surface area contributed by atoms with Crippen LogP contribution < -0.4 is 5.32 Å². The zero-order valence-electron chi connectivity index (χ0n) is 13.3. The number of carbonyl (C=O) groups excluding carboxylic acids is 1. The van der Waals surface area contributed by atoms with Gasteiger partial charge in [-0.1, -0.05) is 48.2 Å². The van der Waals surface area contributed by atoms with Crippen LogP contribution in [0.1, 0.15) is 18.4 Å². The van der Waals surface area contributed by atoms with Crippen molar-refractivity contribution in [3.05, 3.63) is 66.5 Å². The first-order valence-electron chi connectivity index (χ1n) is 8.14. The van der Waals surface area contributed by atoms with Crippen LogP contribution in [0.15, 0.2) is 66.1 Å². The predicted molar refractivity (Wildman–Crippen MR) is 96.3 cm³/mol. The van der Waals surface area contributed by atoms with E-state index in [2.05, 4.69) is 34.6 Å². The fourth-order valence-electron chi connectivity index (χ4n) is 2.99. The van der Waals surface area contributed by atoms with Crippen molar-refractivity contribution in [2.45, 2.75) is 23.4 Å². The molecule has 0 unspecified atom stereocenters. The molecule has 1 fully saturated rings. The molecule has 4 nitrogen and oxygen atoms in total. The van der Waals surface area contributed by atoms with Gasteiger partial charge >= 0.3 is 0 Å². The Labute approximate surface area is 145 Å². The third kappa shape index (κ3) is 3.04. The zero-order chi connectivity index (χ0) is 16.4. The van der Waals surface area contributed by atoms with Crippen molar-refractivity contribution in [1.29, 1.82) is 0 Å². The first-order valence-corrected chi connectivity index (χ1v) is 9.13. The number of hydrogen-bond donors (Lipinski definition) is 1. The molecule has 0 radical (unpaired) electrons. The number of pyridine rings is 1. The monoisotopic (exact) mass is 337 g/mol. The van der Waals surface area contributed by atoms with Crippen molar-refractivity contribution in [2.75, 3.05) is 12.3 Å². The van der Waals surface area contributed by atoms with Gasteiger partial charge in [0.25, 0.3) is 0 Å². The number of carbonyl (C=O) groups is 1. The summed E-state index contributed by atoms with van der Waals surface area (Å²) in [5.74, 6) is 0.452. The number of imidazole rings is 1. The second kappa shape index (κ2) is 6.32. The van der Waals surface area contributed by atoms with E-state index in [9.17, 15) is 4.79 Å². The van der Waals surface area contributed by atoms with Crippen LogP contribution >= 0.6 is 11.8 Å². The first kappa shape index (κ1) is 15.3. The molecule has 1 aromatic carbocycles. The van der Waals surface area contributed by atoms with E-state index in [0.29, 0.717) is 5.75 Å². The SMILES string of the molecule is O=C(CSc1ncc2ccccn12)NCC1(c2ccccc2)CC1.